The highest BCUT2D eigenvalue weighted by Crippen LogP contribution is 2.28. The Labute approximate surface area is 147 Å². The number of halogens is 2. The van der Waals surface area contributed by atoms with Crippen LogP contribution in [0.4, 0.5) is 11.4 Å². The van der Waals surface area contributed by atoms with Gasteiger partial charge in [-0.15, -0.1) is 0 Å². The maximum atomic E-state index is 12.4. The monoisotopic (exact) mass is 392 g/mol. The van der Waals surface area contributed by atoms with Gasteiger partial charge in [-0.05, 0) is 36.4 Å². The van der Waals surface area contributed by atoms with Gasteiger partial charge in [0.05, 0.1) is 16.6 Å². The Morgan fingerprint density at radius 2 is 1.87 bits per heavy atom. The zero-order chi connectivity index (χ0) is 16.4. The fourth-order valence-electron chi connectivity index (χ4n) is 2.55. The van der Waals surface area contributed by atoms with Gasteiger partial charge in [-0.2, -0.15) is 0 Å². The second-order valence-corrected chi connectivity index (χ2v) is 6.67. The molecule has 0 aromatic heterocycles. The fraction of sp³-hybridized carbons (Fsp3) is 0.176. The van der Waals surface area contributed by atoms with Crippen molar-refractivity contribution < 1.29 is 9.59 Å². The number of carbonyl (C=O) groups excluding carboxylic acids is 2. The van der Waals surface area contributed by atoms with Crippen molar-refractivity contribution in [3.63, 3.8) is 0 Å². The molecule has 0 radical (unpaired) electrons. The number of rotatable bonds is 3. The molecule has 6 heteroatoms. The molecule has 1 heterocycles. The number of hydrogen-bond acceptors (Lipinski definition) is 2. The van der Waals surface area contributed by atoms with Crippen LogP contribution < -0.4 is 10.2 Å². The molecule has 23 heavy (non-hydrogen) atoms. The highest BCUT2D eigenvalue weighted by Gasteiger charge is 2.35. The second-order valence-electron chi connectivity index (χ2n) is 5.35. The molecule has 1 aliphatic rings. The minimum Gasteiger partial charge on any atom is -0.324 e. The summed E-state index contributed by atoms with van der Waals surface area (Å²) >= 11 is 9.41. The Bertz CT molecular complexity index is 749. The summed E-state index contributed by atoms with van der Waals surface area (Å²) in [6.45, 7) is 0.372. The van der Waals surface area contributed by atoms with Crippen molar-refractivity contribution in [2.75, 3.05) is 16.8 Å². The summed E-state index contributed by atoms with van der Waals surface area (Å²) in [5.41, 5.74) is 1.36. The smallest absolute Gasteiger partial charge is 0.229 e. The standard InChI is InChI=1S/C17H14BrClN2O2/c18-12-5-7-13(8-6-12)21-10-11(9-16(21)22)17(23)20-15-4-2-1-3-14(15)19/h1-8,11H,9-10H2,(H,20,23)/t11-/m1/s1. The minimum absolute atomic E-state index is 0.0494. The first-order valence-corrected chi connectivity index (χ1v) is 8.33. The molecule has 2 amide bonds. The number of nitrogens with zero attached hydrogens (tertiary/aromatic N) is 1. The summed E-state index contributed by atoms with van der Waals surface area (Å²) in [5, 5.41) is 3.28. The molecule has 118 valence electrons. The van der Waals surface area contributed by atoms with E-state index in [-0.39, 0.29) is 24.2 Å². The maximum Gasteiger partial charge on any atom is 0.229 e. The van der Waals surface area contributed by atoms with Crippen LogP contribution in [0, 0.1) is 5.92 Å². The highest BCUT2D eigenvalue weighted by molar-refractivity contribution is 9.10. The van der Waals surface area contributed by atoms with E-state index in [4.69, 9.17) is 11.6 Å². The predicted octanol–water partition coefficient (Wildman–Crippen LogP) is 4.09. The van der Waals surface area contributed by atoms with Gasteiger partial charge in [0.2, 0.25) is 11.8 Å². The van der Waals surface area contributed by atoms with Gasteiger partial charge in [0.1, 0.15) is 0 Å². The van der Waals surface area contributed by atoms with Crippen molar-refractivity contribution in [3.05, 3.63) is 58.0 Å². The lowest BCUT2D eigenvalue weighted by Gasteiger charge is -2.17. The van der Waals surface area contributed by atoms with E-state index in [1.165, 1.54) is 0 Å². The zero-order valence-corrected chi connectivity index (χ0v) is 14.5. The first-order valence-electron chi connectivity index (χ1n) is 7.16. The number of nitrogens with one attached hydrogen (secondary N) is 1. The van der Waals surface area contributed by atoms with Gasteiger partial charge >= 0.3 is 0 Å². The van der Waals surface area contributed by atoms with Crippen LogP contribution in [0.1, 0.15) is 6.42 Å². The molecule has 1 atom stereocenters. The first-order chi connectivity index (χ1) is 11.0. The lowest BCUT2D eigenvalue weighted by atomic mass is 10.1. The normalized spacial score (nSPS) is 17.4. The van der Waals surface area contributed by atoms with Crippen LogP contribution in [0.3, 0.4) is 0 Å². The number of hydrogen-bond donors (Lipinski definition) is 1. The summed E-state index contributed by atoms with van der Waals surface area (Å²) in [6.07, 6.45) is 0.201. The largest absolute Gasteiger partial charge is 0.324 e. The van der Waals surface area contributed by atoms with Gasteiger partial charge in [-0.25, -0.2) is 0 Å². The third-order valence-electron chi connectivity index (χ3n) is 3.77. The quantitative estimate of drug-likeness (QED) is 0.854. The van der Waals surface area contributed by atoms with E-state index in [2.05, 4.69) is 21.2 Å². The molecule has 2 aromatic rings. The van der Waals surface area contributed by atoms with E-state index in [9.17, 15) is 9.59 Å². The topological polar surface area (TPSA) is 49.4 Å². The van der Waals surface area contributed by atoms with Crippen LogP contribution >= 0.6 is 27.5 Å². The van der Waals surface area contributed by atoms with Crippen molar-refractivity contribution >= 4 is 50.7 Å². The molecule has 0 aliphatic carbocycles. The third kappa shape index (κ3) is 3.57. The van der Waals surface area contributed by atoms with Gasteiger partial charge < -0.3 is 10.2 Å². The zero-order valence-electron chi connectivity index (χ0n) is 12.1. The number of anilines is 2. The second kappa shape index (κ2) is 6.72. The molecule has 1 N–H and O–H groups in total. The van der Waals surface area contributed by atoms with Crippen molar-refractivity contribution in [2.24, 2.45) is 5.92 Å². The van der Waals surface area contributed by atoms with Crippen LogP contribution in [0.15, 0.2) is 53.0 Å². The van der Waals surface area contributed by atoms with Crippen molar-refractivity contribution in [1.82, 2.24) is 0 Å². The third-order valence-corrected chi connectivity index (χ3v) is 4.62. The van der Waals surface area contributed by atoms with Crippen molar-refractivity contribution in [3.8, 4) is 0 Å². The summed E-state index contributed by atoms with van der Waals surface area (Å²) in [7, 11) is 0. The first kappa shape index (κ1) is 16.0. The molecule has 0 unspecified atom stereocenters. The molecule has 3 rings (SSSR count). The minimum atomic E-state index is -0.387. The van der Waals surface area contributed by atoms with Crippen molar-refractivity contribution in [2.45, 2.75) is 6.42 Å². The summed E-state index contributed by atoms with van der Waals surface area (Å²) in [4.78, 5) is 26.2. The van der Waals surface area contributed by atoms with Gasteiger partial charge in [-0.1, -0.05) is 39.7 Å². The maximum absolute atomic E-state index is 12.4. The lowest BCUT2D eigenvalue weighted by Crippen LogP contribution is -2.28. The molecule has 1 aliphatic heterocycles. The average molecular weight is 394 g/mol. The van der Waals surface area contributed by atoms with E-state index in [0.29, 0.717) is 17.3 Å². The molecule has 0 bridgehead atoms. The Hall–Kier alpha value is -1.85. The van der Waals surface area contributed by atoms with Gasteiger partial charge in [-0.3, -0.25) is 9.59 Å². The van der Waals surface area contributed by atoms with Gasteiger partial charge in [0, 0.05) is 23.1 Å². The van der Waals surface area contributed by atoms with E-state index < -0.39 is 0 Å². The molecular formula is C17H14BrClN2O2. The molecule has 4 nitrogen and oxygen atoms in total. The molecule has 0 saturated carbocycles. The summed E-state index contributed by atoms with van der Waals surface area (Å²) in [5.74, 6) is -0.625. The lowest BCUT2D eigenvalue weighted by molar-refractivity contribution is -0.122. The Morgan fingerprint density at radius 1 is 1.17 bits per heavy atom. The SMILES string of the molecule is O=C(Nc1ccccc1Cl)[C@@H]1CC(=O)N(c2ccc(Br)cc2)C1. The van der Waals surface area contributed by atoms with E-state index in [0.717, 1.165) is 10.2 Å². The fourth-order valence-corrected chi connectivity index (χ4v) is 3.00. The Morgan fingerprint density at radius 3 is 2.57 bits per heavy atom. The van der Waals surface area contributed by atoms with Gasteiger partial charge in [0.15, 0.2) is 0 Å². The average Bonchev–Trinajstić information content (AvgIpc) is 2.92. The summed E-state index contributed by atoms with van der Waals surface area (Å²) < 4.78 is 0.945. The Balaban J connectivity index is 1.71. The van der Waals surface area contributed by atoms with Gasteiger partial charge in [0.25, 0.3) is 0 Å². The van der Waals surface area contributed by atoms with Crippen LogP contribution in [0.2, 0.25) is 5.02 Å². The highest BCUT2D eigenvalue weighted by atomic mass is 79.9. The van der Waals surface area contributed by atoms with Crippen LogP contribution in [0.5, 0.6) is 0 Å². The van der Waals surface area contributed by atoms with Crippen LogP contribution in [0.25, 0.3) is 0 Å². The molecule has 2 aromatic carbocycles. The molecule has 1 saturated heterocycles. The molecule has 1 fully saturated rings. The predicted molar refractivity (Wildman–Crippen MR) is 94.7 cm³/mol. The molecule has 0 spiro atoms. The van der Waals surface area contributed by atoms with Crippen molar-refractivity contribution in [1.29, 1.82) is 0 Å². The number of carbonyl (C=O) groups is 2. The number of amides is 2. The molecular weight excluding hydrogens is 380 g/mol. The van der Waals surface area contributed by atoms with E-state index in [1.54, 1.807) is 29.2 Å². The van der Waals surface area contributed by atoms with E-state index >= 15 is 0 Å². The number of para-hydroxylation sites is 1. The number of benzene rings is 2. The Kier molecular flexibility index (Phi) is 4.68. The van der Waals surface area contributed by atoms with Crippen LogP contribution in [-0.2, 0) is 9.59 Å². The summed E-state index contributed by atoms with van der Waals surface area (Å²) in [6, 6.07) is 14.5. The van der Waals surface area contributed by atoms with E-state index in [1.807, 2.05) is 24.3 Å². The van der Waals surface area contributed by atoms with Crippen LogP contribution in [-0.4, -0.2) is 18.4 Å².